The predicted molar refractivity (Wildman–Crippen MR) is 54.0 cm³/mol. The molecule has 0 fully saturated rings. The molecule has 0 saturated heterocycles. The Bertz CT molecular complexity index is 319. The van der Waals surface area contributed by atoms with Crippen molar-refractivity contribution in [2.75, 3.05) is 0 Å². The van der Waals surface area contributed by atoms with Crippen molar-refractivity contribution in [1.82, 2.24) is 0 Å². The summed E-state index contributed by atoms with van der Waals surface area (Å²) in [6, 6.07) is 9.36. The second-order valence-electron chi connectivity index (χ2n) is 2.85. The van der Waals surface area contributed by atoms with Crippen LogP contribution in [-0.2, 0) is 0 Å². The first kappa shape index (κ1) is 9.57. The molecule has 0 heterocycles. The smallest absolute Gasteiger partial charge is 0.101 e. The standard InChI is InChI=1S/C12H12O/c1-3-7-10(2)12(13)11-8-5-4-6-9-11/h1,4-6,8-9,12-13H,2,7H2. The molecule has 1 nitrogen and oxygen atoms in total. The highest BCUT2D eigenvalue weighted by atomic mass is 16.3. The van der Waals surface area contributed by atoms with Crippen molar-refractivity contribution in [1.29, 1.82) is 0 Å². The Labute approximate surface area is 78.7 Å². The number of rotatable bonds is 3. The molecule has 1 N–H and O–H groups in total. The largest absolute Gasteiger partial charge is 0.384 e. The molecule has 0 aliphatic rings. The fraction of sp³-hybridized carbons (Fsp3) is 0.167. The lowest BCUT2D eigenvalue weighted by Gasteiger charge is -2.11. The van der Waals surface area contributed by atoms with Crippen LogP contribution < -0.4 is 0 Å². The monoisotopic (exact) mass is 172 g/mol. The minimum Gasteiger partial charge on any atom is -0.384 e. The van der Waals surface area contributed by atoms with Crippen molar-refractivity contribution < 1.29 is 5.11 Å². The van der Waals surface area contributed by atoms with Crippen LogP contribution in [0, 0.1) is 12.3 Å². The van der Waals surface area contributed by atoms with Crippen molar-refractivity contribution in [3.05, 3.63) is 48.0 Å². The van der Waals surface area contributed by atoms with Gasteiger partial charge >= 0.3 is 0 Å². The van der Waals surface area contributed by atoms with Gasteiger partial charge in [-0.15, -0.1) is 12.3 Å². The third-order valence-electron chi connectivity index (χ3n) is 1.83. The highest BCUT2D eigenvalue weighted by Crippen LogP contribution is 2.21. The fourth-order valence-electron chi connectivity index (χ4n) is 1.10. The fourth-order valence-corrected chi connectivity index (χ4v) is 1.10. The van der Waals surface area contributed by atoms with Gasteiger partial charge in [0.2, 0.25) is 0 Å². The Balaban J connectivity index is 2.75. The Hall–Kier alpha value is -1.52. The molecule has 1 heteroatoms. The lowest BCUT2D eigenvalue weighted by atomic mass is 10.0. The molecule has 1 rings (SSSR count). The zero-order valence-electron chi connectivity index (χ0n) is 7.40. The number of aliphatic hydroxyl groups excluding tert-OH is 1. The van der Waals surface area contributed by atoms with Crippen molar-refractivity contribution in [2.24, 2.45) is 0 Å². The van der Waals surface area contributed by atoms with Crippen LogP contribution in [0.15, 0.2) is 42.5 Å². The highest BCUT2D eigenvalue weighted by Gasteiger charge is 2.08. The zero-order chi connectivity index (χ0) is 9.68. The van der Waals surface area contributed by atoms with Crippen LogP contribution in [0.3, 0.4) is 0 Å². The van der Waals surface area contributed by atoms with Gasteiger partial charge in [0.15, 0.2) is 0 Å². The van der Waals surface area contributed by atoms with E-state index in [1.54, 1.807) is 0 Å². The van der Waals surface area contributed by atoms with E-state index in [2.05, 4.69) is 12.5 Å². The molecule has 66 valence electrons. The molecule has 1 atom stereocenters. The van der Waals surface area contributed by atoms with E-state index in [4.69, 9.17) is 6.42 Å². The molecule has 1 unspecified atom stereocenters. The van der Waals surface area contributed by atoms with Gasteiger partial charge in [0.25, 0.3) is 0 Å². The first-order valence-corrected chi connectivity index (χ1v) is 4.10. The molecule has 0 amide bonds. The van der Waals surface area contributed by atoms with Crippen LogP contribution in [-0.4, -0.2) is 5.11 Å². The molecule has 1 aromatic carbocycles. The minimum absolute atomic E-state index is 0.413. The van der Waals surface area contributed by atoms with Gasteiger partial charge in [-0.1, -0.05) is 36.9 Å². The molecule has 0 aliphatic carbocycles. The molecule has 1 aromatic rings. The van der Waals surface area contributed by atoms with Gasteiger partial charge in [0.1, 0.15) is 6.10 Å². The average Bonchev–Trinajstić information content (AvgIpc) is 2.18. The lowest BCUT2D eigenvalue weighted by Crippen LogP contribution is -1.99. The van der Waals surface area contributed by atoms with E-state index in [1.165, 1.54) is 0 Å². The van der Waals surface area contributed by atoms with E-state index in [9.17, 15) is 5.11 Å². The van der Waals surface area contributed by atoms with Gasteiger partial charge in [-0.05, 0) is 11.1 Å². The van der Waals surface area contributed by atoms with Crippen LogP contribution in [0.25, 0.3) is 0 Å². The summed E-state index contributed by atoms with van der Waals surface area (Å²) >= 11 is 0. The Morgan fingerprint density at radius 2 is 2.08 bits per heavy atom. The van der Waals surface area contributed by atoms with Crippen LogP contribution in [0.1, 0.15) is 18.1 Å². The molecular weight excluding hydrogens is 160 g/mol. The summed E-state index contributed by atoms with van der Waals surface area (Å²) in [5.74, 6) is 2.46. The minimum atomic E-state index is -0.641. The van der Waals surface area contributed by atoms with E-state index in [0.29, 0.717) is 12.0 Å². The Kier molecular flexibility index (Phi) is 3.31. The Morgan fingerprint density at radius 3 is 2.62 bits per heavy atom. The molecule has 0 radical (unpaired) electrons. The third kappa shape index (κ3) is 2.47. The van der Waals surface area contributed by atoms with E-state index in [0.717, 1.165) is 5.56 Å². The van der Waals surface area contributed by atoms with Crippen molar-refractivity contribution in [2.45, 2.75) is 12.5 Å². The van der Waals surface area contributed by atoms with E-state index in [1.807, 2.05) is 30.3 Å². The quantitative estimate of drug-likeness (QED) is 0.548. The summed E-state index contributed by atoms with van der Waals surface area (Å²) in [7, 11) is 0. The van der Waals surface area contributed by atoms with Crippen LogP contribution in [0.5, 0.6) is 0 Å². The summed E-state index contributed by atoms with van der Waals surface area (Å²) in [4.78, 5) is 0. The summed E-state index contributed by atoms with van der Waals surface area (Å²) in [5.41, 5.74) is 1.50. The van der Waals surface area contributed by atoms with Crippen molar-refractivity contribution in [3.63, 3.8) is 0 Å². The molecule has 13 heavy (non-hydrogen) atoms. The van der Waals surface area contributed by atoms with Gasteiger partial charge in [-0.25, -0.2) is 0 Å². The molecule has 0 bridgehead atoms. The first-order valence-electron chi connectivity index (χ1n) is 4.10. The predicted octanol–water partition coefficient (Wildman–Crippen LogP) is 2.30. The normalized spacial score (nSPS) is 11.7. The number of terminal acetylenes is 1. The SMILES string of the molecule is C#CCC(=C)C(O)c1ccccc1. The van der Waals surface area contributed by atoms with Gasteiger partial charge in [-0.3, -0.25) is 0 Å². The lowest BCUT2D eigenvalue weighted by molar-refractivity contribution is 0.214. The van der Waals surface area contributed by atoms with Crippen molar-refractivity contribution in [3.8, 4) is 12.3 Å². The third-order valence-corrected chi connectivity index (χ3v) is 1.83. The summed E-state index contributed by atoms with van der Waals surface area (Å²) < 4.78 is 0. The maximum absolute atomic E-state index is 9.73. The van der Waals surface area contributed by atoms with E-state index < -0.39 is 6.10 Å². The van der Waals surface area contributed by atoms with Gasteiger partial charge < -0.3 is 5.11 Å². The molecule has 0 aromatic heterocycles. The summed E-state index contributed by atoms with van der Waals surface area (Å²) in [6.07, 6.45) is 4.89. The number of hydrogen-bond donors (Lipinski definition) is 1. The van der Waals surface area contributed by atoms with Gasteiger partial charge in [0.05, 0.1) is 0 Å². The van der Waals surface area contributed by atoms with Crippen molar-refractivity contribution >= 4 is 0 Å². The maximum Gasteiger partial charge on any atom is 0.101 e. The zero-order valence-corrected chi connectivity index (χ0v) is 7.40. The highest BCUT2D eigenvalue weighted by molar-refractivity contribution is 5.26. The maximum atomic E-state index is 9.73. The number of benzene rings is 1. The molecule has 0 aliphatic heterocycles. The van der Waals surface area contributed by atoms with Crippen LogP contribution in [0.4, 0.5) is 0 Å². The van der Waals surface area contributed by atoms with E-state index >= 15 is 0 Å². The summed E-state index contributed by atoms with van der Waals surface area (Å²) in [6.45, 7) is 3.73. The second-order valence-corrected chi connectivity index (χ2v) is 2.85. The molecule has 0 spiro atoms. The average molecular weight is 172 g/mol. The molecular formula is C12H12O. The topological polar surface area (TPSA) is 20.2 Å². The Morgan fingerprint density at radius 1 is 1.46 bits per heavy atom. The first-order chi connectivity index (χ1) is 6.25. The number of aliphatic hydroxyl groups is 1. The van der Waals surface area contributed by atoms with Gasteiger partial charge in [0, 0.05) is 6.42 Å². The van der Waals surface area contributed by atoms with Gasteiger partial charge in [-0.2, -0.15) is 0 Å². The number of hydrogen-bond acceptors (Lipinski definition) is 1. The molecule has 0 saturated carbocycles. The van der Waals surface area contributed by atoms with E-state index in [-0.39, 0.29) is 0 Å². The second kappa shape index (κ2) is 4.49. The van der Waals surface area contributed by atoms with Crippen LogP contribution in [0.2, 0.25) is 0 Å². The van der Waals surface area contributed by atoms with Crippen LogP contribution >= 0.6 is 0 Å². The summed E-state index contributed by atoms with van der Waals surface area (Å²) in [5, 5.41) is 9.73.